The number of likely N-dealkylation sites (tertiary alicyclic amines) is 1. The lowest BCUT2D eigenvalue weighted by atomic mass is 10.1. The van der Waals surface area contributed by atoms with E-state index in [2.05, 4.69) is 29.8 Å². The molecule has 1 rings (SSSR count). The zero-order chi connectivity index (χ0) is 11.3. The predicted octanol–water partition coefficient (Wildman–Crippen LogP) is 3.20. The Hall–Kier alpha value is -0.0500. The number of carbonyl (C=O) groups excluding carboxylic acids is 1. The Kier molecular flexibility index (Phi) is 5.65. The SMILES string of the molecule is CC(C)CCCCN1CCCC(Br)C1=O. The molecule has 1 unspecified atom stereocenters. The Morgan fingerprint density at radius 1 is 1.47 bits per heavy atom. The minimum absolute atomic E-state index is 0.0800. The number of hydrogen-bond acceptors (Lipinski definition) is 1. The zero-order valence-corrected chi connectivity index (χ0v) is 11.4. The quantitative estimate of drug-likeness (QED) is 0.558. The molecule has 0 aromatic carbocycles. The molecule has 2 nitrogen and oxygen atoms in total. The van der Waals surface area contributed by atoms with Crippen molar-refractivity contribution in [2.75, 3.05) is 13.1 Å². The molecule has 1 saturated heterocycles. The van der Waals surface area contributed by atoms with E-state index in [9.17, 15) is 4.79 Å². The van der Waals surface area contributed by atoms with Gasteiger partial charge >= 0.3 is 0 Å². The van der Waals surface area contributed by atoms with Gasteiger partial charge < -0.3 is 4.90 Å². The predicted molar refractivity (Wildman–Crippen MR) is 67.2 cm³/mol. The van der Waals surface area contributed by atoms with E-state index in [1.807, 2.05) is 4.90 Å². The van der Waals surface area contributed by atoms with Gasteiger partial charge in [0, 0.05) is 13.1 Å². The number of halogens is 1. The summed E-state index contributed by atoms with van der Waals surface area (Å²) in [7, 11) is 0. The van der Waals surface area contributed by atoms with Crippen molar-refractivity contribution in [1.82, 2.24) is 4.90 Å². The second-order valence-corrected chi connectivity index (χ2v) is 5.93. The van der Waals surface area contributed by atoms with Crippen LogP contribution in [0.5, 0.6) is 0 Å². The Balaban J connectivity index is 2.17. The van der Waals surface area contributed by atoms with Crippen LogP contribution in [0.25, 0.3) is 0 Å². The Morgan fingerprint density at radius 2 is 2.20 bits per heavy atom. The number of amides is 1. The van der Waals surface area contributed by atoms with Gasteiger partial charge in [-0.1, -0.05) is 42.6 Å². The lowest BCUT2D eigenvalue weighted by molar-refractivity contribution is -0.132. The molecule has 1 heterocycles. The second-order valence-electron chi connectivity index (χ2n) is 4.82. The van der Waals surface area contributed by atoms with Gasteiger partial charge in [-0.3, -0.25) is 4.79 Å². The maximum Gasteiger partial charge on any atom is 0.236 e. The van der Waals surface area contributed by atoms with Gasteiger partial charge in [-0.15, -0.1) is 0 Å². The number of unbranched alkanes of at least 4 members (excludes halogenated alkanes) is 1. The number of hydrogen-bond donors (Lipinski definition) is 0. The van der Waals surface area contributed by atoms with Crippen molar-refractivity contribution in [3.8, 4) is 0 Å². The molecule has 0 aliphatic carbocycles. The van der Waals surface area contributed by atoms with E-state index >= 15 is 0 Å². The highest BCUT2D eigenvalue weighted by Crippen LogP contribution is 2.19. The van der Waals surface area contributed by atoms with Crippen molar-refractivity contribution >= 4 is 21.8 Å². The second kappa shape index (κ2) is 6.51. The van der Waals surface area contributed by atoms with Crippen LogP contribution in [0.1, 0.15) is 46.0 Å². The molecule has 0 saturated carbocycles. The van der Waals surface area contributed by atoms with Gasteiger partial charge in [-0.2, -0.15) is 0 Å². The fourth-order valence-corrected chi connectivity index (χ4v) is 2.58. The molecule has 0 N–H and O–H groups in total. The molecule has 0 radical (unpaired) electrons. The van der Waals surface area contributed by atoms with Crippen LogP contribution >= 0.6 is 15.9 Å². The molecule has 0 aromatic rings. The summed E-state index contributed by atoms with van der Waals surface area (Å²) >= 11 is 3.44. The third kappa shape index (κ3) is 4.54. The van der Waals surface area contributed by atoms with E-state index < -0.39 is 0 Å². The average molecular weight is 276 g/mol. The summed E-state index contributed by atoms with van der Waals surface area (Å²) in [5, 5.41) is 0. The molecular weight excluding hydrogens is 254 g/mol. The normalized spacial score (nSPS) is 22.5. The van der Waals surface area contributed by atoms with Crippen molar-refractivity contribution in [2.24, 2.45) is 5.92 Å². The van der Waals surface area contributed by atoms with E-state index in [1.165, 1.54) is 12.8 Å². The van der Waals surface area contributed by atoms with Crippen LogP contribution < -0.4 is 0 Å². The van der Waals surface area contributed by atoms with Crippen molar-refractivity contribution in [3.05, 3.63) is 0 Å². The summed E-state index contributed by atoms with van der Waals surface area (Å²) in [5.74, 6) is 1.08. The monoisotopic (exact) mass is 275 g/mol. The Bertz CT molecular complexity index is 206. The molecule has 1 amide bonds. The molecule has 88 valence electrons. The van der Waals surface area contributed by atoms with Gasteiger partial charge in [-0.05, 0) is 25.2 Å². The molecule has 1 fully saturated rings. The average Bonchev–Trinajstić information content (AvgIpc) is 2.18. The summed E-state index contributed by atoms with van der Waals surface area (Å²) < 4.78 is 0. The van der Waals surface area contributed by atoms with Gasteiger partial charge in [0.25, 0.3) is 0 Å². The number of nitrogens with zero attached hydrogens (tertiary/aromatic N) is 1. The van der Waals surface area contributed by atoms with Gasteiger partial charge in [0.1, 0.15) is 0 Å². The van der Waals surface area contributed by atoms with Crippen LogP contribution in [0, 0.1) is 5.92 Å². The summed E-state index contributed by atoms with van der Waals surface area (Å²) in [6.07, 6.45) is 5.82. The van der Waals surface area contributed by atoms with Crippen LogP contribution in [0.3, 0.4) is 0 Å². The smallest absolute Gasteiger partial charge is 0.236 e. The van der Waals surface area contributed by atoms with E-state index in [0.29, 0.717) is 5.91 Å². The standard InChI is InChI=1S/C12H22BrNO/c1-10(2)6-3-4-8-14-9-5-7-11(13)12(14)15/h10-11H,3-9H2,1-2H3. The van der Waals surface area contributed by atoms with Gasteiger partial charge in [0.05, 0.1) is 4.83 Å². The summed E-state index contributed by atoms with van der Waals surface area (Å²) in [5.41, 5.74) is 0. The first-order valence-corrected chi connectivity index (χ1v) is 6.95. The maximum atomic E-state index is 11.7. The van der Waals surface area contributed by atoms with E-state index in [1.54, 1.807) is 0 Å². The lowest BCUT2D eigenvalue weighted by Gasteiger charge is -2.29. The van der Waals surface area contributed by atoms with E-state index in [0.717, 1.165) is 38.3 Å². The number of piperidine rings is 1. The van der Waals surface area contributed by atoms with Crippen LogP contribution in [0.4, 0.5) is 0 Å². The fraction of sp³-hybridized carbons (Fsp3) is 0.917. The molecule has 1 aliphatic rings. The molecular formula is C12H22BrNO. The third-order valence-electron chi connectivity index (χ3n) is 2.92. The molecule has 0 bridgehead atoms. The molecule has 0 aromatic heterocycles. The highest BCUT2D eigenvalue weighted by Gasteiger charge is 2.25. The highest BCUT2D eigenvalue weighted by atomic mass is 79.9. The maximum absolute atomic E-state index is 11.7. The Labute approximate surface area is 102 Å². The van der Waals surface area contributed by atoms with Crippen molar-refractivity contribution in [1.29, 1.82) is 0 Å². The first-order chi connectivity index (χ1) is 7.11. The minimum atomic E-state index is 0.0800. The number of alkyl halides is 1. The largest absolute Gasteiger partial charge is 0.342 e. The van der Waals surface area contributed by atoms with E-state index in [-0.39, 0.29) is 4.83 Å². The van der Waals surface area contributed by atoms with Crippen LogP contribution in [0.15, 0.2) is 0 Å². The molecule has 1 aliphatic heterocycles. The minimum Gasteiger partial charge on any atom is -0.342 e. The molecule has 1 atom stereocenters. The number of carbonyl (C=O) groups is 1. The van der Waals surface area contributed by atoms with Gasteiger partial charge in [0.15, 0.2) is 0 Å². The number of rotatable bonds is 5. The van der Waals surface area contributed by atoms with E-state index in [4.69, 9.17) is 0 Å². The zero-order valence-electron chi connectivity index (χ0n) is 9.84. The van der Waals surface area contributed by atoms with Crippen LogP contribution in [-0.4, -0.2) is 28.7 Å². The van der Waals surface area contributed by atoms with Gasteiger partial charge in [-0.25, -0.2) is 0 Å². The van der Waals surface area contributed by atoms with Crippen molar-refractivity contribution in [3.63, 3.8) is 0 Å². The lowest BCUT2D eigenvalue weighted by Crippen LogP contribution is -2.42. The van der Waals surface area contributed by atoms with Crippen LogP contribution in [-0.2, 0) is 4.79 Å². The van der Waals surface area contributed by atoms with Crippen LogP contribution in [0.2, 0.25) is 0 Å². The fourth-order valence-electron chi connectivity index (χ4n) is 1.97. The highest BCUT2D eigenvalue weighted by molar-refractivity contribution is 9.10. The topological polar surface area (TPSA) is 20.3 Å². The summed E-state index contributed by atoms with van der Waals surface area (Å²) in [6.45, 7) is 6.41. The summed E-state index contributed by atoms with van der Waals surface area (Å²) in [4.78, 5) is 13.8. The van der Waals surface area contributed by atoms with Crippen molar-refractivity contribution < 1.29 is 4.79 Å². The molecule has 15 heavy (non-hydrogen) atoms. The Morgan fingerprint density at radius 3 is 2.87 bits per heavy atom. The molecule has 0 spiro atoms. The van der Waals surface area contributed by atoms with Crippen molar-refractivity contribution in [2.45, 2.75) is 50.8 Å². The first kappa shape index (κ1) is 13.0. The third-order valence-corrected chi connectivity index (χ3v) is 3.77. The molecule has 3 heteroatoms. The summed E-state index contributed by atoms with van der Waals surface area (Å²) in [6, 6.07) is 0. The first-order valence-electron chi connectivity index (χ1n) is 6.04. The van der Waals surface area contributed by atoms with Gasteiger partial charge in [0.2, 0.25) is 5.91 Å².